The molecule has 1 aromatic heterocycles. The summed E-state index contributed by atoms with van der Waals surface area (Å²) < 4.78 is 28.3. The molecule has 0 atom stereocenters. The summed E-state index contributed by atoms with van der Waals surface area (Å²) in [5.41, 5.74) is 3.73. The normalized spacial score (nSPS) is 10.8. The van der Waals surface area contributed by atoms with E-state index >= 15 is 0 Å². The number of rotatable bonds is 10. The van der Waals surface area contributed by atoms with E-state index in [0.29, 0.717) is 41.8 Å². The number of benzene rings is 3. The molecule has 4 rings (SSSR count). The molecule has 0 aliphatic carbocycles. The van der Waals surface area contributed by atoms with E-state index in [0.717, 1.165) is 34.9 Å². The Hall–Kier alpha value is -3.93. The lowest BCUT2D eigenvalue weighted by atomic mass is 10.1. The summed E-state index contributed by atoms with van der Waals surface area (Å²) in [5, 5.41) is 0.945. The minimum atomic E-state index is -0.264. The summed E-state index contributed by atoms with van der Waals surface area (Å²) in [6.07, 6.45) is 1.50. The second kappa shape index (κ2) is 10.8. The largest absolute Gasteiger partial charge is 0.493 e. The number of carbonyl (C=O) groups is 1. The van der Waals surface area contributed by atoms with Crippen LogP contribution in [-0.4, -0.2) is 26.8 Å². The summed E-state index contributed by atoms with van der Waals surface area (Å²) in [7, 11) is 3.25. The molecular weight excluding hydrogens is 432 g/mol. The van der Waals surface area contributed by atoms with E-state index in [-0.39, 0.29) is 5.97 Å². The predicted molar refractivity (Wildman–Crippen MR) is 130 cm³/mol. The van der Waals surface area contributed by atoms with Crippen molar-refractivity contribution in [2.45, 2.75) is 26.4 Å². The Morgan fingerprint density at radius 1 is 0.853 bits per heavy atom. The highest BCUT2D eigenvalue weighted by Crippen LogP contribution is 2.38. The SMILES string of the molecule is COc1cc(-c2cc3cc(CCCOC(C)=O)cc(OC)c3o2)ccc1OCc1ccccc1. The number of fused-ring (bicyclic) bond motifs is 1. The van der Waals surface area contributed by atoms with Crippen LogP contribution in [0.15, 0.2) is 71.1 Å². The minimum absolute atomic E-state index is 0.264. The lowest BCUT2D eigenvalue weighted by Crippen LogP contribution is -2.01. The van der Waals surface area contributed by atoms with Gasteiger partial charge >= 0.3 is 5.97 Å². The third kappa shape index (κ3) is 5.52. The summed E-state index contributed by atoms with van der Waals surface area (Å²) in [5.74, 6) is 2.41. The molecule has 1 heterocycles. The van der Waals surface area contributed by atoms with E-state index in [2.05, 4.69) is 6.07 Å². The Balaban J connectivity index is 1.55. The van der Waals surface area contributed by atoms with Gasteiger partial charge in [-0.1, -0.05) is 30.3 Å². The third-order valence-electron chi connectivity index (χ3n) is 5.46. The zero-order chi connectivity index (χ0) is 23.9. The van der Waals surface area contributed by atoms with Gasteiger partial charge in [-0.25, -0.2) is 0 Å². The molecule has 0 spiro atoms. The number of esters is 1. The van der Waals surface area contributed by atoms with Crippen molar-refractivity contribution in [1.29, 1.82) is 0 Å². The molecule has 6 nitrogen and oxygen atoms in total. The molecule has 0 saturated carbocycles. The maximum absolute atomic E-state index is 11.0. The van der Waals surface area contributed by atoms with E-state index in [9.17, 15) is 4.79 Å². The topological polar surface area (TPSA) is 67.1 Å². The highest BCUT2D eigenvalue weighted by Gasteiger charge is 2.15. The Bertz CT molecular complexity index is 1260. The molecule has 0 fully saturated rings. The fraction of sp³-hybridized carbons (Fsp3) is 0.250. The van der Waals surface area contributed by atoms with Crippen molar-refractivity contribution >= 4 is 16.9 Å². The fourth-order valence-corrected chi connectivity index (χ4v) is 3.79. The Labute approximate surface area is 199 Å². The van der Waals surface area contributed by atoms with Crippen LogP contribution in [0.5, 0.6) is 17.2 Å². The van der Waals surface area contributed by atoms with Gasteiger partial charge in [0.2, 0.25) is 0 Å². The van der Waals surface area contributed by atoms with Crippen molar-refractivity contribution in [3.63, 3.8) is 0 Å². The third-order valence-corrected chi connectivity index (χ3v) is 5.46. The zero-order valence-corrected chi connectivity index (χ0v) is 19.6. The van der Waals surface area contributed by atoms with E-state index in [1.807, 2.05) is 60.7 Å². The number of furan rings is 1. The Morgan fingerprint density at radius 3 is 2.38 bits per heavy atom. The van der Waals surface area contributed by atoms with Gasteiger partial charge in [-0.2, -0.15) is 0 Å². The van der Waals surface area contributed by atoms with E-state index < -0.39 is 0 Å². The maximum atomic E-state index is 11.0. The van der Waals surface area contributed by atoms with Crippen molar-refractivity contribution in [3.8, 4) is 28.6 Å². The molecule has 3 aromatic carbocycles. The van der Waals surface area contributed by atoms with Gasteiger partial charge in [0.25, 0.3) is 0 Å². The van der Waals surface area contributed by atoms with Crippen LogP contribution in [0.1, 0.15) is 24.5 Å². The Kier molecular flexibility index (Phi) is 7.38. The van der Waals surface area contributed by atoms with Crippen LogP contribution < -0.4 is 14.2 Å². The highest BCUT2D eigenvalue weighted by atomic mass is 16.5. The lowest BCUT2D eigenvalue weighted by molar-refractivity contribution is -0.141. The molecule has 0 saturated heterocycles. The van der Waals surface area contributed by atoms with Crippen molar-refractivity contribution in [2.24, 2.45) is 0 Å². The predicted octanol–water partition coefficient (Wildman–Crippen LogP) is 6.19. The molecule has 176 valence electrons. The molecule has 6 heteroatoms. The van der Waals surface area contributed by atoms with Crippen molar-refractivity contribution < 1.29 is 28.2 Å². The van der Waals surface area contributed by atoms with Crippen LogP contribution in [0.2, 0.25) is 0 Å². The highest BCUT2D eigenvalue weighted by molar-refractivity contribution is 5.88. The van der Waals surface area contributed by atoms with Crippen LogP contribution >= 0.6 is 0 Å². The van der Waals surface area contributed by atoms with Crippen molar-refractivity contribution in [2.75, 3.05) is 20.8 Å². The maximum Gasteiger partial charge on any atom is 0.302 e. The summed E-state index contributed by atoms with van der Waals surface area (Å²) >= 11 is 0. The van der Waals surface area contributed by atoms with E-state index in [4.69, 9.17) is 23.4 Å². The average Bonchev–Trinajstić information content (AvgIpc) is 3.29. The minimum Gasteiger partial charge on any atom is -0.493 e. The lowest BCUT2D eigenvalue weighted by Gasteiger charge is -2.11. The smallest absolute Gasteiger partial charge is 0.302 e. The first-order valence-corrected chi connectivity index (χ1v) is 11.2. The van der Waals surface area contributed by atoms with Crippen LogP contribution in [0, 0.1) is 0 Å². The number of hydrogen-bond acceptors (Lipinski definition) is 6. The van der Waals surface area contributed by atoms with Crippen LogP contribution in [0.25, 0.3) is 22.3 Å². The number of ether oxygens (including phenoxy) is 4. The van der Waals surface area contributed by atoms with Gasteiger partial charge in [0.05, 0.1) is 20.8 Å². The second-order valence-electron chi connectivity index (χ2n) is 7.91. The van der Waals surface area contributed by atoms with Gasteiger partial charge in [0.15, 0.2) is 22.8 Å². The second-order valence-corrected chi connectivity index (χ2v) is 7.91. The quantitative estimate of drug-likeness (QED) is 0.208. The van der Waals surface area contributed by atoms with Gasteiger partial charge in [0, 0.05) is 17.9 Å². The van der Waals surface area contributed by atoms with Gasteiger partial charge in [-0.15, -0.1) is 0 Å². The van der Waals surface area contributed by atoms with E-state index in [1.165, 1.54) is 6.92 Å². The molecule has 0 N–H and O–H groups in total. The molecule has 0 aliphatic rings. The standard InChI is InChI=1S/C28H28O6/c1-19(29)32-13-7-10-21-14-23-17-25(34-28(23)27(15-21)31-3)22-11-12-24(26(16-22)30-2)33-18-20-8-5-4-6-9-20/h4-6,8-9,11-12,14-17H,7,10,13,18H2,1-3H3. The van der Waals surface area contributed by atoms with Crippen molar-refractivity contribution in [1.82, 2.24) is 0 Å². The zero-order valence-electron chi connectivity index (χ0n) is 19.6. The van der Waals surface area contributed by atoms with Crippen LogP contribution in [-0.2, 0) is 22.6 Å². The van der Waals surface area contributed by atoms with Crippen LogP contribution in [0.4, 0.5) is 0 Å². The molecule has 0 aliphatic heterocycles. The van der Waals surface area contributed by atoms with Crippen molar-refractivity contribution in [3.05, 3.63) is 77.9 Å². The first-order valence-electron chi connectivity index (χ1n) is 11.2. The molecule has 34 heavy (non-hydrogen) atoms. The number of carbonyl (C=O) groups excluding carboxylic acids is 1. The summed E-state index contributed by atoms with van der Waals surface area (Å²) in [6, 6.07) is 21.8. The first kappa shape index (κ1) is 23.2. The van der Waals surface area contributed by atoms with Gasteiger partial charge in [-0.05, 0) is 60.4 Å². The van der Waals surface area contributed by atoms with Crippen LogP contribution in [0.3, 0.4) is 0 Å². The fourth-order valence-electron chi connectivity index (χ4n) is 3.79. The number of hydrogen-bond donors (Lipinski definition) is 0. The van der Waals surface area contributed by atoms with Gasteiger partial charge < -0.3 is 23.4 Å². The summed E-state index contributed by atoms with van der Waals surface area (Å²) in [6.45, 7) is 2.27. The number of methoxy groups -OCH3 is 2. The van der Waals surface area contributed by atoms with Gasteiger partial charge in [-0.3, -0.25) is 4.79 Å². The Morgan fingerprint density at radius 2 is 1.65 bits per heavy atom. The molecule has 0 unspecified atom stereocenters. The van der Waals surface area contributed by atoms with Gasteiger partial charge in [0.1, 0.15) is 12.4 Å². The monoisotopic (exact) mass is 460 g/mol. The molecule has 0 bridgehead atoms. The molecular formula is C28H28O6. The molecule has 0 amide bonds. The van der Waals surface area contributed by atoms with E-state index in [1.54, 1.807) is 14.2 Å². The number of aryl methyl sites for hydroxylation is 1. The molecule has 4 aromatic rings. The average molecular weight is 461 g/mol. The molecule has 0 radical (unpaired) electrons. The first-order chi connectivity index (χ1) is 16.6. The summed E-state index contributed by atoms with van der Waals surface area (Å²) in [4.78, 5) is 11.0.